The normalized spacial score (nSPS) is 23.8. The van der Waals surface area contributed by atoms with Crippen LogP contribution in [0.4, 0.5) is 11.8 Å². The van der Waals surface area contributed by atoms with Crippen molar-refractivity contribution in [1.29, 1.82) is 0 Å². The highest BCUT2D eigenvalue weighted by Crippen LogP contribution is 2.20. The lowest BCUT2D eigenvalue weighted by Gasteiger charge is -2.34. The lowest BCUT2D eigenvalue weighted by atomic mass is 9.98. The molecule has 2 aliphatic rings. The third-order valence-corrected chi connectivity index (χ3v) is 6.45. The number of likely N-dealkylation sites (tertiary alicyclic amines) is 1. The lowest BCUT2D eigenvalue weighted by Crippen LogP contribution is -2.43. The van der Waals surface area contributed by atoms with E-state index in [1.807, 2.05) is 12.3 Å². The van der Waals surface area contributed by atoms with Crippen LogP contribution in [0.2, 0.25) is 0 Å². The highest BCUT2D eigenvalue weighted by Gasteiger charge is 2.22. The van der Waals surface area contributed by atoms with Gasteiger partial charge in [0, 0.05) is 38.4 Å². The van der Waals surface area contributed by atoms with Crippen LogP contribution >= 0.6 is 0 Å². The first kappa shape index (κ1) is 21.3. The summed E-state index contributed by atoms with van der Waals surface area (Å²) in [6, 6.07) is 2.42. The number of nitrogens with one attached hydrogen (secondary N) is 1. The molecular weight excluding hydrogens is 350 g/mol. The predicted molar refractivity (Wildman–Crippen MR) is 116 cm³/mol. The average Bonchev–Trinajstić information content (AvgIpc) is 3.01. The molecule has 2 aliphatic heterocycles. The molecule has 1 unspecified atom stereocenters. The van der Waals surface area contributed by atoms with Gasteiger partial charge in [-0.15, -0.1) is 0 Å². The molecule has 2 fully saturated rings. The van der Waals surface area contributed by atoms with E-state index in [1.165, 1.54) is 32.1 Å². The molecule has 28 heavy (non-hydrogen) atoms. The van der Waals surface area contributed by atoms with E-state index in [4.69, 9.17) is 4.98 Å². The summed E-state index contributed by atoms with van der Waals surface area (Å²) in [5.41, 5.74) is 0. The fraction of sp³-hybridized carbons (Fsp3) is 0.818. The summed E-state index contributed by atoms with van der Waals surface area (Å²) in [6.45, 7) is 9.59. The summed E-state index contributed by atoms with van der Waals surface area (Å²) in [5, 5.41) is 13.8. The van der Waals surface area contributed by atoms with Crippen LogP contribution < -0.4 is 10.2 Å². The molecule has 6 nitrogen and oxygen atoms in total. The van der Waals surface area contributed by atoms with Crippen LogP contribution in [-0.4, -0.2) is 64.8 Å². The molecule has 2 saturated heterocycles. The molecule has 3 atom stereocenters. The van der Waals surface area contributed by atoms with Gasteiger partial charge in [0.15, 0.2) is 0 Å². The second-order valence-corrected chi connectivity index (χ2v) is 8.67. The molecule has 0 amide bonds. The SMILES string of the molecule is CC[C@@H](C)[C@@H](O)CCN1CCCC(Nc2nccc(N3CCCCCC3)n2)C1. The van der Waals surface area contributed by atoms with Crippen molar-refractivity contribution < 1.29 is 5.11 Å². The summed E-state index contributed by atoms with van der Waals surface area (Å²) in [4.78, 5) is 14.2. The quantitative estimate of drug-likeness (QED) is 0.709. The molecular formula is C22H39N5O. The Kier molecular flexibility index (Phi) is 8.34. The molecule has 0 spiro atoms. The van der Waals surface area contributed by atoms with E-state index < -0.39 is 0 Å². The first-order valence-corrected chi connectivity index (χ1v) is 11.4. The van der Waals surface area contributed by atoms with Crippen molar-refractivity contribution in [2.75, 3.05) is 42.9 Å². The van der Waals surface area contributed by atoms with E-state index in [0.29, 0.717) is 12.0 Å². The molecule has 2 N–H and O–H groups in total. The van der Waals surface area contributed by atoms with Gasteiger partial charge in [0.05, 0.1) is 6.10 Å². The van der Waals surface area contributed by atoms with Gasteiger partial charge in [-0.3, -0.25) is 0 Å². The zero-order chi connectivity index (χ0) is 19.8. The van der Waals surface area contributed by atoms with Gasteiger partial charge in [0.1, 0.15) is 5.82 Å². The summed E-state index contributed by atoms with van der Waals surface area (Å²) in [6.07, 6.45) is 11.1. The van der Waals surface area contributed by atoms with E-state index >= 15 is 0 Å². The van der Waals surface area contributed by atoms with Gasteiger partial charge >= 0.3 is 0 Å². The molecule has 3 heterocycles. The van der Waals surface area contributed by atoms with Crippen LogP contribution in [0, 0.1) is 5.92 Å². The van der Waals surface area contributed by atoms with Crippen LogP contribution in [0.15, 0.2) is 12.3 Å². The first-order valence-electron chi connectivity index (χ1n) is 11.4. The third kappa shape index (κ3) is 6.31. The fourth-order valence-corrected chi connectivity index (χ4v) is 4.33. The topological polar surface area (TPSA) is 64.5 Å². The van der Waals surface area contributed by atoms with E-state index in [0.717, 1.165) is 63.8 Å². The van der Waals surface area contributed by atoms with Crippen LogP contribution in [0.5, 0.6) is 0 Å². The molecule has 6 heteroatoms. The lowest BCUT2D eigenvalue weighted by molar-refractivity contribution is 0.0857. The molecule has 0 bridgehead atoms. The Hall–Kier alpha value is -1.40. The van der Waals surface area contributed by atoms with Gasteiger partial charge in [-0.2, -0.15) is 4.98 Å². The summed E-state index contributed by atoms with van der Waals surface area (Å²) < 4.78 is 0. The highest BCUT2D eigenvalue weighted by atomic mass is 16.3. The van der Waals surface area contributed by atoms with Crippen molar-refractivity contribution in [3.63, 3.8) is 0 Å². The Labute approximate surface area is 170 Å². The smallest absolute Gasteiger partial charge is 0.224 e. The van der Waals surface area contributed by atoms with Crippen molar-refractivity contribution in [1.82, 2.24) is 14.9 Å². The van der Waals surface area contributed by atoms with Crippen molar-refractivity contribution in [2.45, 2.75) is 77.4 Å². The van der Waals surface area contributed by atoms with Gasteiger partial charge in [-0.25, -0.2) is 4.98 Å². The maximum absolute atomic E-state index is 10.3. The van der Waals surface area contributed by atoms with Gasteiger partial charge in [-0.1, -0.05) is 33.1 Å². The number of aliphatic hydroxyl groups is 1. The Balaban J connectivity index is 1.51. The van der Waals surface area contributed by atoms with Crippen molar-refractivity contribution >= 4 is 11.8 Å². The van der Waals surface area contributed by atoms with Crippen LogP contribution in [0.3, 0.4) is 0 Å². The van der Waals surface area contributed by atoms with Gasteiger partial charge in [0.2, 0.25) is 5.95 Å². The van der Waals surface area contributed by atoms with Gasteiger partial charge < -0.3 is 20.2 Å². The molecule has 0 saturated carbocycles. The molecule has 0 aliphatic carbocycles. The van der Waals surface area contributed by atoms with Crippen molar-refractivity contribution in [3.05, 3.63) is 12.3 Å². The average molecular weight is 390 g/mol. The Morgan fingerprint density at radius 2 is 1.96 bits per heavy atom. The van der Waals surface area contributed by atoms with E-state index in [2.05, 4.69) is 33.9 Å². The van der Waals surface area contributed by atoms with Gasteiger partial charge in [0.25, 0.3) is 0 Å². The standard InChI is InChI=1S/C22H39N5O/c1-3-18(2)20(28)11-16-26-13-8-9-19(17-26)24-22-23-12-10-21(25-22)27-14-6-4-5-7-15-27/h10,12,18-20,28H,3-9,11,13-17H2,1-2H3,(H,23,24,25)/t18-,19?,20+/m1/s1. The zero-order valence-electron chi connectivity index (χ0n) is 17.8. The number of hydrogen-bond acceptors (Lipinski definition) is 6. The monoisotopic (exact) mass is 389 g/mol. The molecule has 1 aromatic rings. The maximum atomic E-state index is 10.3. The number of aliphatic hydroxyl groups excluding tert-OH is 1. The summed E-state index contributed by atoms with van der Waals surface area (Å²) >= 11 is 0. The second-order valence-electron chi connectivity index (χ2n) is 8.67. The summed E-state index contributed by atoms with van der Waals surface area (Å²) in [7, 11) is 0. The molecule has 1 aromatic heterocycles. The number of piperidine rings is 1. The number of nitrogens with zero attached hydrogens (tertiary/aromatic N) is 4. The largest absolute Gasteiger partial charge is 0.393 e. The van der Waals surface area contributed by atoms with Crippen LogP contribution in [0.25, 0.3) is 0 Å². The minimum Gasteiger partial charge on any atom is -0.393 e. The Morgan fingerprint density at radius 3 is 2.71 bits per heavy atom. The van der Waals surface area contributed by atoms with Crippen LogP contribution in [0.1, 0.15) is 65.2 Å². The van der Waals surface area contributed by atoms with Crippen molar-refractivity contribution in [2.24, 2.45) is 5.92 Å². The predicted octanol–water partition coefficient (Wildman–Crippen LogP) is 3.53. The Morgan fingerprint density at radius 1 is 1.18 bits per heavy atom. The minimum absolute atomic E-state index is 0.188. The molecule has 0 radical (unpaired) electrons. The van der Waals surface area contributed by atoms with E-state index in [9.17, 15) is 5.11 Å². The molecule has 0 aromatic carbocycles. The number of anilines is 2. The molecule has 3 rings (SSSR count). The van der Waals surface area contributed by atoms with E-state index in [-0.39, 0.29) is 6.10 Å². The first-order chi connectivity index (χ1) is 13.7. The number of rotatable bonds is 8. The third-order valence-electron chi connectivity index (χ3n) is 6.45. The number of aromatic nitrogens is 2. The maximum Gasteiger partial charge on any atom is 0.224 e. The fourth-order valence-electron chi connectivity index (χ4n) is 4.33. The van der Waals surface area contributed by atoms with Crippen molar-refractivity contribution in [3.8, 4) is 0 Å². The Bertz CT molecular complexity index is 576. The summed E-state index contributed by atoms with van der Waals surface area (Å²) in [5.74, 6) is 2.20. The van der Waals surface area contributed by atoms with Gasteiger partial charge in [-0.05, 0) is 50.6 Å². The van der Waals surface area contributed by atoms with Crippen LogP contribution in [-0.2, 0) is 0 Å². The van der Waals surface area contributed by atoms with E-state index in [1.54, 1.807) is 0 Å². The highest BCUT2D eigenvalue weighted by molar-refractivity contribution is 5.43. The molecule has 158 valence electrons. The zero-order valence-corrected chi connectivity index (χ0v) is 17.8. The number of hydrogen-bond donors (Lipinski definition) is 2. The second kappa shape index (κ2) is 11.0. The minimum atomic E-state index is -0.188.